The minimum Gasteiger partial charge on any atom is -0.382 e. The number of hydrogen-bond donors (Lipinski definition) is 0. The van der Waals surface area contributed by atoms with E-state index in [0.29, 0.717) is 16.5 Å². The molecule has 0 unspecified atom stereocenters. The summed E-state index contributed by atoms with van der Waals surface area (Å²) in [6.45, 7) is 2.02. The average molecular weight is 373 g/mol. The molecule has 0 aromatic heterocycles. The van der Waals surface area contributed by atoms with Crippen LogP contribution >= 0.6 is 23.2 Å². The van der Waals surface area contributed by atoms with Gasteiger partial charge in [0.2, 0.25) is 0 Å². The van der Waals surface area contributed by atoms with Crippen molar-refractivity contribution in [2.75, 3.05) is 5.75 Å². The van der Waals surface area contributed by atoms with Gasteiger partial charge in [0.05, 0.1) is 5.75 Å². The molecule has 2 aromatic carbocycles. The first-order chi connectivity index (χ1) is 10.9. The first kappa shape index (κ1) is 18.1. The molecule has 0 aliphatic heterocycles. The average Bonchev–Trinajstić information content (AvgIpc) is 2.49. The molecule has 0 saturated heterocycles. The molecule has 0 saturated carbocycles. The van der Waals surface area contributed by atoms with E-state index in [2.05, 4.69) is 0 Å². The summed E-state index contributed by atoms with van der Waals surface area (Å²) in [6, 6.07) is 11.9. The number of benzene rings is 2. The molecule has 0 amide bonds. The van der Waals surface area contributed by atoms with E-state index in [0.717, 1.165) is 24.0 Å². The molecule has 2 rings (SSSR count). The van der Waals surface area contributed by atoms with Crippen molar-refractivity contribution in [3.8, 4) is 16.9 Å². The summed E-state index contributed by atoms with van der Waals surface area (Å²) in [5.41, 5.74) is 1.48. The molecule has 0 heterocycles. The highest BCUT2D eigenvalue weighted by atomic mass is 35.5. The topological polar surface area (TPSA) is 43.4 Å². The van der Waals surface area contributed by atoms with Crippen LogP contribution in [0.1, 0.15) is 26.2 Å². The molecule has 0 fully saturated rings. The Morgan fingerprint density at radius 1 is 1.04 bits per heavy atom. The van der Waals surface area contributed by atoms with Crippen molar-refractivity contribution in [1.29, 1.82) is 0 Å². The standard InChI is InChI=1S/C17H18Cl2O3S/c1-2-3-4-10-23(20,21)22-15-7-5-6-13(11-15)16-12-14(18)8-9-17(16)19/h5-9,11-12H,2-4,10H2,1H3. The van der Waals surface area contributed by atoms with Crippen LogP contribution in [0.2, 0.25) is 10.0 Å². The first-order valence-corrected chi connectivity index (χ1v) is 9.72. The summed E-state index contributed by atoms with van der Waals surface area (Å²) in [5, 5.41) is 1.10. The second-order valence-electron chi connectivity index (χ2n) is 5.20. The van der Waals surface area contributed by atoms with Gasteiger partial charge in [0.15, 0.2) is 0 Å². The number of halogens is 2. The number of hydrogen-bond acceptors (Lipinski definition) is 3. The Balaban J connectivity index is 2.22. The van der Waals surface area contributed by atoms with Gasteiger partial charge < -0.3 is 4.18 Å². The summed E-state index contributed by atoms with van der Waals surface area (Å²) in [6.07, 6.45) is 2.41. The molecule has 0 radical (unpaired) electrons. The zero-order valence-corrected chi connectivity index (χ0v) is 15.1. The SMILES string of the molecule is CCCCCS(=O)(=O)Oc1cccc(-c2cc(Cl)ccc2Cl)c1. The van der Waals surface area contributed by atoms with Gasteiger partial charge in [0.25, 0.3) is 0 Å². The highest BCUT2D eigenvalue weighted by Crippen LogP contribution is 2.32. The Morgan fingerprint density at radius 2 is 1.83 bits per heavy atom. The van der Waals surface area contributed by atoms with E-state index in [9.17, 15) is 8.42 Å². The Labute approximate surface area is 147 Å². The second-order valence-corrected chi connectivity index (χ2v) is 7.74. The molecule has 0 N–H and O–H groups in total. The Hall–Kier alpha value is -1.23. The third-order valence-electron chi connectivity index (χ3n) is 3.29. The van der Waals surface area contributed by atoms with Crippen molar-refractivity contribution >= 4 is 33.3 Å². The quantitative estimate of drug-likeness (QED) is 0.471. The maximum atomic E-state index is 12.0. The van der Waals surface area contributed by atoms with E-state index in [1.807, 2.05) is 13.0 Å². The lowest BCUT2D eigenvalue weighted by Gasteiger charge is -2.10. The third kappa shape index (κ3) is 5.41. The lowest BCUT2D eigenvalue weighted by molar-refractivity contribution is 0.483. The number of unbranched alkanes of at least 4 members (excludes halogenated alkanes) is 2. The first-order valence-electron chi connectivity index (χ1n) is 7.39. The molecular weight excluding hydrogens is 355 g/mol. The van der Waals surface area contributed by atoms with Gasteiger partial charge in [0.1, 0.15) is 5.75 Å². The van der Waals surface area contributed by atoms with Crippen LogP contribution in [0.5, 0.6) is 5.75 Å². The van der Waals surface area contributed by atoms with Crippen LogP contribution in [0.25, 0.3) is 11.1 Å². The Morgan fingerprint density at radius 3 is 2.57 bits per heavy atom. The van der Waals surface area contributed by atoms with E-state index in [4.69, 9.17) is 27.4 Å². The lowest BCUT2D eigenvalue weighted by atomic mass is 10.1. The summed E-state index contributed by atoms with van der Waals surface area (Å²) < 4.78 is 29.1. The highest BCUT2D eigenvalue weighted by molar-refractivity contribution is 7.87. The number of rotatable bonds is 7. The zero-order chi connectivity index (χ0) is 16.9. The van der Waals surface area contributed by atoms with Gasteiger partial charge in [-0.1, -0.05) is 55.1 Å². The monoisotopic (exact) mass is 372 g/mol. The Bertz CT molecular complexity index is 773. The normalized spacial score (nSPS) is 11.4. The van der Waals surface area contributed by atoms with E-state index >= 15 is 0 Å². The van der Waals surface area contributed by atoms with Crippen LogP contribution in [0.15, 0.2) is 42.5 Å². The van der Waals surface area contributed by atoms with Crippen molar-refractivity contribution in [3.05, 3.63) is 52.5 Å². The van der Waals surface area contributed by atoms with Crippen LogP contribution in [0, 0.1) is 0 Å². The van der Waals surface area contributed by atoms with Crippen molar-refractivity contribution in [2.24, 2.45) is 0 Å². The van der Waals surface area contributed by atoms with Crippen LogP contribution in [-0.4, -0.2) is 14.2 Å². The summed E-state index contributed by atoms with van der Waals surface area (Å²) in [5.74, 6) is 0.290. The van der Waals surface area contributed by atoms with Gasteiger partial charge in [-0.25, -0.2) is 0 Å². The molecule has 6 heteroatoms. The Kier molecular flexibility index (Phi) is 6.33. The molecule has 2 aromatic rings. The molecule has 23 heavy (non-hydrogen) atoms. The minimum atomic E-state index is -3.58. The van der Waals surface area contributed by atoms with E-state index in [-0.39, 0.29) is 11.5 Å². The zero-order valence-electron chi connectivity index (χ0n) is 12.8. The lowest BCUT2D eigenvalue weighted by Crippen LogP contribution is -2.13. The van der Waals surface area contributed by atoms with Gasteiger partial charge in [-0.2, -0.15) is 8.42 Å². The summed E-state index contributed by atoms with van der Waals surface area (Å²) in [7, 11) is -3.58. The van der Waals surface area contributed by atoms with E-state index in [1.165, 1.54) is 0 Å². The minimum absolute atomic E-state index is 0.0169. The van der Waals surface area contributed by atoms with Crippen molar-refractivity contribution in [3.63, 3.8) is 0 Å². The predicted octanol–water partition coefficient (Wildman–Crippen LogP) is 5.56. The van der Waals surface area contributed by atoms with E-state index < -0.39 is 10.1 Å². The predicted molar refractivity (Wildman–Crippen MR) is 95.8 cm³/mol. The van der Waals surface area contributed by atoms with Crippen molar-refractivity contribution in [2.45, 2.75) is 26.2 Å². The van der Waals surface area contributed by atoms with Gasteiger partial charge in [-0.05, 0) is 42.3 Å². The molecule has 124 valence electrons. The highest BCUT2D eigenvalue weighted by Gasteiger charge is 2.13. The van der Waals surface area contributed by atoms with Crippen LogP contribution in [0.4, 0.5) is 0 Å². The van der Waals surface area contributed by atoms with Crippen LogP contribution in [0.3, 0.4) is 0 Å². The smallest absolute Gasteiger partial charge is 0.309 e. The molecule has 3 nitrogen and oxygen atoms in total. The molecule has 0 aliphatic carbocycles. The fraction of sp³-hybridized carbons (Fsp3) is 0.294. The van der Waals surface area contributed by atoms with Gasteiger partial charge in [-0.3, -0.25) is 0 Å². The maximum absolute atomic E-state index is 12.0. The van der Waals surface area contributed by atoms with Crippen LogP contribution in [-0.2, 0) is 10.1 Å². The molecule has 0 bridgehead atoms. The molecule has 0 aliphatic rings. The van der Waals surface area contributed by atoms with Gasteiger partial charge >= 0.3 is 10.1 Å². The molecule has 0 atom stereocenters. The summed E-state index contributed by atoms with van der Waals surface area (Å²) >= 11 is 12.2. The van der Waals surface area contributed by atoms with Gasteiger partial charge in [-0.15, -0.1) is 0 Å². The van der Waals surface area contributed by atoms with Gasteiger partial charge in [0, 0.05) is 15.6 Å². The largest absolute Gasteiger partial charge is 0.382 e. The van der Waals surface area contributed by atoms with E-state index in [1.54, 1.807) is 36.4 Å². The van der Waals surface area contributed by atoms with Crippen molar-refractivity contribution in [1.82, 2.24) is 0 Å². The molecule has 0 spiro atoms. The van der Waals surface area contributed by atoms with Crippen LogP contribution < -0.4 is 4.18 Å². The molecular formula is C17H18Cl2O3S. The maximum Gasteiger partial charge on any atom is 0.309 e. The second kappa shape index (κ2) is 8.04. The fourth-order valence-corrected chi connectivity index (χ4v) is 3.59. The summed E-state index contributed by atoms with van der Waals surface area (Å²) in [4.78, 5) is 0. The fourth-order valence-electron chi connectivity index (χ4n) is 2.15. The van der Waals surface area contributed by atoms with Crippen molar-refractivity contribution < 1.29 is 12.6 Å². The third-order valence-corrected chi connectivity index (χ3v) is 5.09.